The molecule has 0 unspecified atom stereocenters. The zero-order valence-electron chi connectivity index (χ0n) is 31.2. The van der Waals surface area contributed by atoms with Gasteiger partial charge in [0.1, 0.15) is 6.42 Å². The Hall–Kier alpha value is -2.63. The normalized spacial score (nSPS) is 12.0. The SMILES string of the molecule is CCCCC/C=C\C/C=C\CCCCCCCCC(CCCCCCCC/C=C\C/C=C\CCCCC)NC(=O)CNC(=O)CC(=O)O. The van der Waals surface area contributed by atoms with Gasteiger partial charge in [-0.1, -0.05) is 152 Å². The van der Waals surface area contributed by atoms with E-state index in [-0.39, 0.29) is 18.5 Å². The Morgan fingerprint density at radius 2 is 0.875 bits per heavy atom. The zero-order valence-corrected chi connectivity index (χ0v) is 31.2. The van der Waals surface area contributed by atoms with Gasteiger partial charge in [-0.3, -0.25) is 14.4 Å². The number of aliphatic carboxylic acids is 1. The Morgan fingerprint density at radius 1 is 0.500 bits per heavy atom. The molecule has 0 bridgehead atoms. The first kappa shape index (κ1) is 45.4. The molecule has 0 saturated carbocycles. The number of amides is 2. The lowest BCUT2D eigenvalue weighted by Gasteiger charge is -2.19. The molecule has 2 amide bonds. The van der Waals surface area contributed by atoms with Gasteiger partial charge in [-0.25, -0.2) is 0 Å². The maximum Gasteiger partial charge on any atom is 0.312 e. The molecular weight excluding hydrogens is 596 g/mol. The van der Waals surface area contributed by atoms with Gasteiger partial charge >= 0.3 is 5.97 Å². The molecule has 0 radical (unpaired) electrons. The van der Waals surface area contributed by atoms with Crippen LogP contribution in [0.4, 0.5) is 0 Å². The van der Waals surface area contributed by atoms with Crippen LogP contribution in [0.3, 0.4) is 0 Å². The molecule has 0 atom stereocenters. The van der Waals surface area contributed by atoms with Crippen LogP contribution < -0.4 is 10.6 Å². The van der Waals surface area contributed by atoms with Crippen molar-refractivity contribution in [1.29, 1.82) is 0 Å². The van der Waals surface area contributed by atoms with Crippen LogP contribution in [0.1, 0.15) is 187 Å². The molecule has 0 aromatic rings. The summed E-state index contributed by atoms with van der Waals surface area (Å²) in [5.74, 6) is -2.07. The second kappa shape index (κ2) is 37.2. The fourth-order valence-corrected chi connectivity index (χ4v) is 5.70. The fraction of sp³-hybridized carbons (Fsp3) is 0.738. The van der Waals surface area contributed by atoms with Crippen LogP contribution in [-0.4, -0.2) is 35.5 Å². The molecule has 6 nitrogen and oxygen atoms in total. The first-order valence-electron chi connectivity index (χ1n) is 19.9. The molecule has 276 valence electrons. The first-order valence-corrected chi connectivity index (χ1v) is 19.9. The van der Waals surface area contributed by atoms with Crippen LogP contribution in [0.25, 0.3) is 0 Å². The highest BCUT2D eigenvalue weighted by atomic mass is 16.4. The van der Waals surface area contributed by atoms with Crippen LogP contribution in [0, 0.1) is 0 Å². The van der Waals surface area contributed by atoms with Crippen LogP contribution in [0.5, 0.6) is 0 Å². The third-order valence-corrected chi connectivity index (χ3v) is 8.63. The predicted octanol–water partition coefficient (Wildman–Crippen LogP) is 11.5. The molecule has 48 heavy (non-hydrogen) atoms. The Balaban J connectivity index is 4.16. The second-order valence-corrected chi connectivity index (χ2v) is 13.4. The largest absolute Gasteiger partial charge is 0.481 e. The van der Waals surface area contributed by atoms with Crippen molar-refractivity contribution >= 4 is 17.8 Å². The molecule has 0 aliphatic carbocycles. The molecule has 3 N–H and O–H groups in total. The van der Waals surface area contributed by atoms with Crippen LogP contribution in [-0.2, 0) is 14.4 Å². The van der Waals surface area contributed by atoms with Crippen molar-refractivity contribution in [2.24, 2.45) is 0 Å². The van der Waals surface area contributed by atoms with E-state index in [9.17, 15) is 14.4 Å². The summed E-state index contributed by atoms with van der Waals surface area (Å²) in [6.07, 6.45) is 48.9. The van der Waals surface area contributed by atoms with Gasteiger partial charge in [0.15, 0.2) is 0 Å². The average molecular weight is 671 g/mol. The van der Waals surface area contributed by atoms with Crippen LogP contribution in [0.2, 0.25) is 0 Å². The maximum atomic E-state index is 12.5. The number of rotatable bonds is 35. The molecule has 0 aromatic heterocycles. The third kappa shape index (κ3) is 36.2. The molecule has 0 aromatic carbocycles. The minimum absolute atomic E-state index is 0.102. The summed E-state index contributed by atoms with van der Waals surface area (Å²) in [5, 5.41) is 14.3. The number of carboxylic acid groups (broad SMARTS) is 1. The van der Waals surface area contributed by atoms with Gasteiger partial charge in [0, 0.05) is 6.04 Å². The van der Waals surface area contributed by atoms with Crippen molar-refractivity contribution in [3.05, 3.63) is 48.6 Å². The van der Waals surface area contributed by atoms with Gasteiger partial charge in [-0.2, -0.15) is 0 Å². The molecule has 0 rings (SSSR count). The van der Waals surface area contributed by atoms with E-state index in [1.54, 1.807) is 0 Å². The van der Waals surface area contributed by atoms with Crippen molar-refractivity contribution in [3.63, 3.8) is 0 Å². The predicted molar refractivity (Wildman–Crippen MR) is 205 cm³/mol. The molecule has 0 aliphatic rings. The highest BCUT2D eigenvalue weighted by Crippen LogP contribution is 2.15. The number of hydrogen-bond donors (Lipinski definition) is 3. The summed E-state index contributed by atoms with van der Waals surface area (Å²) in [7, 11) is 0. The molecule has 0 fully saturated rings. The van der Waals surface area contributed by atoms with Crippen molar-refractivity contribution in [2.45, 2.75) is 193 Å². The monoisotopic (exact) mass is 671 g/mol. The van der Waals surface area contributed by atoms with E-state index in [2.05, 4.69) is 73.1 Å². The Morgan fingerprint density at radius 3 is 1.27 bits per heavy atom. The highest BCUT2D eigenvalue weighted by Gasteiger charge is 2.14. The lowest BCUT2D eigenvalue weighted by molar-refractivity contribution is -0.141. The molecule has 0 saturated heterocycles. The molecular formula is C42H74N2O4. The summed E-state index contributed by atoms with van der Waals surface area (Å²) >= 11 is 0. The first-order chi connectivity index (χ1) is 23.5. The van der Waals surface area contributed by atoms with E-state index in [0.717, 1.165) is 51.4 Å². The quantitative estimate of drug-likeness (QED) is 0.0355. The minimum Gasteiger partial charge on any atom is -0.481 e. The number of carbonyl (C=O) groups is 3. The smallest absolute Gasteiger partial charge is 0.312 e. The summed E-state index contributed by atoms with van der Waals surface area (Å²) in [6, 6.07) is 0.102. The summed E-state index contributed by atoms with van der Waals surface area (Å²) in [5.41, 5.74) is 0. The van der Waals surface area contributed by atoms with Gasteiger partial charge in [0.2, 0.25) is 11.8 Å². The summed E-state index contributed by atoms with van der Waals surface area (Å²) in [6.45, 7) is 4.31. The second-order valence-electron chi connectivity index (χ2n) is 13.4. The number of unbranched alkanes of at least 4 members (excludes halogenated alkanes) is 18. The number of carbonyl (C=O) groups excluding carboxylic acids is 2. The van der Waals surface area contributed by atoms with E-state index >= 15 is 0 Å². The Bertz CT molecular complexity index is 829. The fourth-order valence-electron chi connectivity index (χ4n) is 5.70. The number of nitrogens with one attached hydrogen (secondary N) is 2. The number of carboxylic acids is 1. The minimum atomic E-state index is -1.19. The van der Waals surface area contributed by atoms with E-state index in [1.807, 2.05) is 0 Å². The van der Waals surface area contributed by atoms with Gasteiger partial charge in [0.25, 0.3) is 0 Å². The molecule has 6 heteroatoms. The van der Waals surface area contributed by atoms with Crippen LogP contribution in [0.15, 0.2) is 48.6 Å². The van der Waals surface area contributed by atoms with Crippen molar-refractivity contribution < 1.29 is 19.5 Å². The van der Waals surface area contributed by atoms with Crippen LogP contribution >= 0.6 is 0 Å². The average Bonchev–Trinajstić information content (AvgIpc) is 3.06. The Labute approximate surface area is 295 Å². The van der Waals surface area contributed by atoms with Crippen molar-refractivity contribution in [1.82, 2.24) is 10.6 Å². The topological polar surface area (TPSA) is 95.5 Å². The third-order valence-electron chi connectivity index (χ3n) is 8.63. The molecule has 0 aliphatic heterocycles. The summed E-state index contributed by atoms with van der Waals surface area (Å²) < 4.78 is 0. The zero-order chi connectivity index (χ0) is 35.2. The van der Waals surface area contributed by atoms with E-state index < -0.39 is 18.3 Å². The van der Waals surface area contributed by atoms with Gasteiger partial charge < -0.3 is 15.7 Å². The summed E-state index contributed by atoms with van der Waals surface area (Å²) in [4.78, 5) is 34.8. The molecule has 0 spiro atoms. The maximum absolute atomic E-state index is 12.5. The number of allylic oxidation sites excluding steroid dienone is 8. The number of hydrogen-bond acceptors (Lipinski definition) is 3. The lowest BCUT2D eigenvalue weighted by atomic mass is 9.99. The molecule has 0 heterocycles. The van der Waals surface area contributed by atoms with Gasteiger partial charge in [-0.15, -0.1) is 0 Å². The van der Waals surface area contributed by atoms with Gasteiger partial charge in [-0.05, 0) is 77.0 Å². The van der Waals surface area contributed by atoms with E-state index in [4.69, 9.17) is 5.11 Å². The van der Waals surface area contributed by atoms with E-state index in [1.165, 1.54) is 116 Å². The van der Waals surface area contributed by atoms with Gasteiger partial charge in [0.05, 0.1) is 6.54 Å². The van der Waals surface area contributed by atoms with Crippen molar-refractivity contribution in [2.75, 3.05) is 6.54 Å². The Kier molecular flexibility index (Phi) is 35.2. The van der Waals surface area contributed by atoms with E-state index in [0.29, 0.717) is 0 Å². The van der Waals surface area contributed by atoms with Crippen molar-refractivity contribution in [3.8, 4) is 0 Å². The standard InChI is InChI=1S/C42H74N2O4/c1-3-5-7-9-11-13-15-17-19-21-23-25-27-29-31-33-35-39(44-41(46)38-43-40(45)37-42(47)48)36-34-32-30-28-26-24-22-20-18-16-14-12-10-8-6-4-2/h11-14,17-20,39H,3-10,15-16,21-38H2,1-2H3,(H,43,45)(H,44,46)(H,47,48)/b13-11-,14-12-,19-17-,20-18-. The lowest BCUT2D eigenvalue weighted by Crippen LogP contribution is -2.42. The highest BCUT2D eigenvalue weighted by molar-refractivity contribution is 5.95.